The van der Waals surface area contributed by atoms with Crippen molar-refractivity contribution < 1.29 is 14.4 Å². The Kier molecular flexibility index (Phi) is 5.79. The predicted molar refractivity (Wildman–Crippen MR) is 122 cm³/mol. The number of nitrogens with zero attached hydrogens (tertiary/aromatic N) is 1. The number of thioether (sulfide) groups is 1. The maximum absolute atomic E-state index is 12.9. The van der Waals surface area contributed by atoms with Crippen LogP contribution in [0.4, 0.5) is 10.5 Å². The van der Waals surface area contributed by atoms with Crippen molar-refractivity contribution >= 4 is 46.6 Å². The number of benzene rings is 2. The van der Waals surface area contributed by atoms with E-state index in [0.717, 1.165) is 21.2 Å². The van der Waals surface area contributed by atoms with E-state index in [1.54, 1.807) is 30.4 Å². The third-order valence-corrected chi connectivity index (χ3v) is 6.99. The van der Waals surface area contributed by atoms with Crippen LogP contribution in [0.1, 0.15) is 22.3 Å². The summed E-state index contributed by atoms with van der Waals surface area (Å²) in [6, 6.07) is 14.2. The van der Waals surface area contributed by atoms with Crippen LogP contribution >= 0.6 is 23.1 Å². The molecule has 0 bridgehead atoms. The molecular formula is C22H20N4O3S2. The number of aryl methyl sites for hydroxylation is 1. The minimum Gasteiger partial charge on any atom is -0.323 e. The van der Waals surface area contributed by atoms with Gasteiger partial charge in [0, 0.05) is 27.3 Å². The van der Waals surface area contributed by atoms with Crippen molar-refractivity contribution in [3.8, 4) is 11.3 Å². The van der Waals surface area contributed by atoms with Crippen molar-refractivity contribution in [3.63, 3.8) is 0 Å². The van der Waals surface area contributed by atoms with Gasteiger partial charge in [-0.05, 0) is 38.1 Å². The molecule has 7 nitrogen and oxygen atoms in total. The minimum atomic E-state index is -1.02. The van der Waals surface area contributed by atoms with E-state index in [1.807, 2.05) is 48.7 Å². The summed E-state index contributed by atoms with van der Waals surface area (Å²) in [6.07, 6.45) is 0. The molecule has 158 valence electrons. The molecule has 1 saturated heterocycles. The predicted octanol–water partition coefficient (Wildman–Crippen LogP) is 4.06. The molecule has 4 amide bonds. The molecule has 1 aromatic heterocycles. The molecule has 2 aromatic carbocycles. The van der Waals surface area contributed by atoms with Crippen LogP contribution in [0.15, 0.2) is 58.8 Å². The van der Waals surface area contributed by atoms with Gasteiger partial charge in [0.25, 0.3) is 11.8 Å². The number of aromatic nitrogens is 1. The second-order valence-corrected chi connectivity index (χ2v) is 9.39. The van der Waals surface area contributed by atoms with E-state index in [2.05, 4.69) is 20.9 Å². The summed E-state index contributed by atoms with van der Waals surface area (Å²) in [5, 5.41) is 10.8. The molecule has 4 rings (SSSR count). The van der Waals surface area contributed by atoms with Crippen molar-refractivity contribution in [1.29, 1.82) is 0 Å². The Labute approximate surface area is 187 Å². The lowest BCUT2D eigenvalue weighted by Crippen LogP contribution is -2.46. The highest BCUT2D eigenvalue weighted by Crippen LogP contribution is 2.28. The highest BCUT2D eigenvalue weighted by atomic mass is 32.2. The number of hydrogen-bond donors (Lipinski definition) is 3. The van der Waals surface area contributed by atoms with Gasteiger partial charge in [-0.15, -0.1) is 23.1 Å². The van der Waals surface area contributed by atoms with Crippen LogP contribution in [0.3, 0.4) is 0 Å². The van der Waals surface area contributed by atoms with E-state index in [-0.39, 0.29) is 11.8 Å². The third kappa shape index (κ3) is 4.62. The van der Waals surface area contributed by atoms with E-state index in [4.69, 9.17) is 0 Å². The summed E-state index contributed by atoms with van der Waals surface area (Å²) in [4.78, 5) is 41.6. The Hall–Kier alpha value is -3.17. The lowest BCUT2D eigenvalue weighted by molar-refractivity contribution is -0.122. The number of thiazole rings is 1. The Morgan fingerprint density at radius 1 is 1.16 bits per heavy atom. The SMILES string of the molecule is Cc1nc(-c2ccc(NC(=O)c3ccccc3SC[C@@]3(C)NC(=O)NC3=O)cc2)cs1. The van der Waals surface area contributed by atoms with Crippen molar-refractivity contribution in [2.75, 3.05) is 11.1 Å². The monoisotopic (exact) mass is 452 g/mol. The molecule has 1 fully saturated rings. The maximum atomic E-state index is 12.9. The van der Waals surface area contributed by atoms with Gasteiger partial charge in [-0.2, -0.15) is 0 Å². The largest absolute Gasteiger partial charge is 0.323 e. The Bertz CT molecular complexity index is 1160. The van der Waals surface area contributed by atoms with Crippen molar-refractivity contribution in [2.24, 2.45) is 0 Å². The zero-order chi connectivity index (χ0) is 22.0. The van der Waals surface area contributed by atoms with Crippen LogP contribution in [-0.2, 0) is 4.79 Å². The summed E-state index contributed by atoms with van der Waals surface area (Å²) in [6.45, 7) is 3.62. The highest BCUT2D eigenvalue weighted by molar-refractivity contribution is 7.99. The third-order valence-electron chi connectivity index (χ3n) is 4.82. The zero-order valence-corrected chi connectivity index (χ0v) is 18.5. The van der Waals surface area contributed by atoms with Crippen LogP contribution in [0.2, 0.25) is 0 Å². The fourth-order valence-electron chi connectivity index (χ4n) is 3.10. The summed E-state index contributed by atoms with van der Waals surface area (Å²) >= 11 is 2.94. The van der Waals surface area contributed by atoms with E-state index >= 15 is 0 Å². The van der Waals surface area contributed by atoms with Crippen LogP contribution in [-0.4, -0.2) is 34.1 Å². The average molecular weight is 453 g/mol. The van der Waals surface area contributed by atoms with E-state index in [9.17, 15) is 14.4 Å². The molecule has 31 heavy (non-hydrogen) atoms. The van der Waals surface area contributed by atoms with Gasteiger partial charge in [0.05, 0.1) is 16.3 Å². The molecule has 2 heterocycles. The lowest BCUT2D eigenvalue weighted by atomic mass is 10.1. The van der Waals surface area contributed by atoms with Crippen molar-refractivity contribution in [3.05, 3.63) is 64.5 Å². The Morgan fingerprint density at radius 2 is 1.90 bits per heavy atom. The molecule has 3 aromatic rings. The smallest absolute Gasteiger partial charge is 0.322 e. The van der Waals surface area contributed by atoms with E-state index in [0.29, 0.717) is 17.0 Å². The van der Waals surface area contributed by atoms with Crippen LogP contribution < -0.4 is 16.0 Å². The number of imide groups is 1. The first-order valence-corrected chi connectivity index (χ1v) is 11.4. The molecule has 9 heteroatoms. The lowest BCUT2D eigenvalue weighted by Gasteiger charge is -2.20. The topological polar surface area (TPSA) is 100 Å². The van der Waals surface area contributed by atoms with Gasteiger partial charge in [-0.25, -0.2) is 9.78 Å². The summed E-state index contributed by atoms with van der Waals surface area (Å²) in [5.74, 6) is -0.316. The van der Waals surface area contributed by atoms with Gasteiger partial charge < -0.3 is 10.6 Å². The fourth-order valence-corrected chi connectivity index (χ4v) is 4.86. The fraction of sp³-hybridized carbons (Fsp3) is 0.182. The molecular weight excluding hydrogens is 432 g/mol. The second kappa shape index (κ2) is 8.52. The first-order chi connectivity index (χ1) is 14.8. The van der Waals surface area contributed by atoms with E-state index < -0.39 is 11.6 Å². The number of nitrogens with one attached hydrogen (secondary N) is 3. The molecule has 0 aliphatic carbocycles. The normalized spacial score (nSPS) is 17.9. The Balaban J connectivity index is 1.45. The molecule has 1 atom stereocenters. The van der Waals surface area contributed by atoms with Crippen molar-refractivity contribution in [2.45, 2.75) is 24.3 Å². The number of urea groups is 1. The number of anilines is 1. The van der Waals surface area contributed by atoms with Crippen LogP contribution in [0.5, 0.6) is 0 Å². The molecule has 0 spiro atoms. The minimum absolute atomic E-state index is 0.245. The second-order valence-electron chi connectivity index (χ2n) is 7.31. The summed E-state index contributed by atoms with van der Waals surface area (Å²) < 4.78 is 0. The first-order valence-electron chi connectivity index (χ1n) is 9.53. The van der Waals surface area contributed by atoms with Crippen LogP contribution in [0, 0.1) is 6.92 Å². The quantitative estimate of drug-likeness (QED) is 0.387. The molecule has 0 saturated carbocycles. The number of amides is 4. The van der Waals surface area contributed by atoms with Gasteiger partial charge in [-0.3, -0.25) is 14.9 Å². The number of carbonyl (C=O) groups is 3. The standard InChI is InChI=1S/C22H20N4O3S2/c1-13-23-17(11-30-13)14-7-9-15(10-8-14)24-19(27)16-5-3-4-6-18(16)31-12-22(2)20(28)25-21(29)26-22/h3-11H,12H2,1-2H3,(H,24,27)(H2,25,26,28,29)/t22-/m1/s1. The number of carbonyl (C=O) groups excluding carboxylic acids is 3. The van der Waals surface area contributed by atoms with E-state index in [1.165, 1.54) is 11.8 Å². The molecule has 0 radical (unpaired) electrons. The average Bonchev–Trinajstić information content (AvgIpc) is 3.29. The van der Waals surface area contributed by atoms with Crippen molar-refractivity contribution in [1.82, 2.24) is 15.6 Å². The molecule has 3 N–H and O–H groups in total. The highest BCUT2D eigenvalue weighted by Gasteiger charge is 2.41. The van der Waals surface area contributed by atoms with Gasteiger partial charge in [0.15, 0.2) is 0 Å². The van der Waals surface area contributed by atoms with Gasteiger partial charge in [0.1, 0.15) is 5.54 Å². The number of hydrogen-bond acceptors (Lipinski definition) is 6. The molecule has 0 unspecified atom stereocenters. The Morgan fingerprint density at radius 3 is 2.55 bits per heavy atom. The maximum Gasteiger partial charge on any atom is 0.322 e. The summed E-state index contributed by atoms with van der Waals surface area (Å²) in [7, 11) is 0. The van der Waals surface area contributed by atoms with Gasteiger partial charge in [-0.1, -0.05) is 24.3 Å². The molecule has 1 aliphatic rings. The zero-order valence-electron chi connectivity index (χ0n) is 16.9. The van der Waals surface area contributed by atoms with Gasteiger partial charge in [0.2, 0.25) is 0 Å². The number of rotatable bonds is 6. The summed E-state index contributed by atoms with van der Waals surface area (Å²) in [5.41, 5.74) is 2.06. The first kappa shape index (κ1) is 21.1. The molecule has 1 aliphatic heterocycles. The van der Waals surface area contributed by atoms with Gasteiger partial charge >= 0.3 is 6.03 Å². The van der Waals surface area contributed by atoms with Crippen LogP contribution in [0.25, 0.3) is 11.3 Å².